The van der Waals surface area contributed by atoms with Gasteiger partial charge >= 0.3 is 0 Å². The molecular weight excluding hydrogens is 274 g/mol. The highest BCUT2D eigenvalue weighted by Gasteiger charge is 2.32. The van der Waals surface area contributed by atoms with E-state index in [9.17, 15) is 0 Å². The highest BCUT2D eigenvalue weighted by molar-refractivity contribution is 5.32. The van der Waals surface area contributed by atoms with Gasteiger partial charge in [0, 0.05) is 42.8 Å². The first-order chi connectivity index (χ1) is 10.9. The first kappa shape index (κ1) is 13.9. The zero-order valence-electron chi connectivity index (χ0n) is 12.8. The fourth-order valence-corrected chi connectivity index (χ4v) is 3.87. The lowest BCUT2D eigenvalue weighted by molar-refractivity contribution is 0.177. The summed E-state index contributed by atoms with van der Waals surface area (Å²) in [5, 5.41) is 11.7. The molecule has 0 spiro atoms. The predicted octanol–water partition coefficient (Wildman–Crippen LogP) is 1.89. The maximum absolute atomic E-state index is 4.49. The van der Waals surface area contributed by atoms with Crippen LogP contribution in [0.5, 0.6) is 0 Å². The average Bonchev–Trinajstić information content (AvgIpc) is 3.09. The average molecular weight is 297 g/mol. The van der Waals surface area contributed by atoms with Crippen LogP contribution in [0.2, 0.25) is 0 Å². The Morgan fingerprint density at radius 2 is 2.23 bits per heavy atom. The largest absolute Gasteiger partial charge is 0.312 e. The third kappa shape index (κ3) is 2.78. The lowest BCUT2D eigenvalue weighted by Gasteiger charge is -2.41. The van der Waals surface area contributed by atoms with Gasteiger partial charge in [0.1, 0.15) is 0 Å². The van der Waals surface area contributed by atoms with Crippen LogP contribution in [0, 0.1) is 5.92 Å². The van der Waals surface area contributed by atoms with Gasteiger partial charge in [-0.2, -0.15) is 5.10 Å². The van der Waals surface area contributed by atoms with Gasteiger partial charge in [0.15, 0.2) is 5.82 Å². The van der Waals surface area contributed by atoms with E-state index in [1.165, 1.54) is 37.8 Å². The summed E-state index contributed by atoms with van der Waals surface area (Å²) in [6.45, 7) is 2.02. The second kappa shape index (κ2) is 6.18. The maximum Gasteiger partial charge on any atom is 0.157 e. The van der Waals surface area contributed by atoms with Gasteiger partial charge in [-0.3, -0.25) is 0 Å². The maximum atomic E-state index is 4.49. The van der Waals surface area contributed by atoms with Crippen molar-refractivity contribution < 1.29 is 0 Å². The summed E-state index contributed by atoms with van der Waals surface area (Å²) >= 11 is 0. The standard InChI is InChI=1S/C17H23N5/c1-3-14(17(19-7-1)22-10-2-8-21-22)12-20-15-5-4-13-6-9-18-16(15)11-13/h1-3,7-8,10,13,15-16,18,20H,4-6,9,11-12H2. The van der Waals surface area contributed by atoms with E-state index in [0.717, 1.165) is 18.3 Å². The molecule has 2 aromatic rings. The van der Waals surface area contributed by atoms with Crippen molar-refractivity contribution >= 4 is 0 Å². The SMILES string of the molecule is c1cnc(-n2cccn2)c(CNC2CCC3CCNC2C3)c1. The molecule has 5 nitrogen and oxygen atoms in total. The Morgan fingerprint density at radius 3 is 3.14 bits per heavy atom. The lowest BCUT2D eigenvalue weighted by Crippen LogP contribution is -2.54. The number of pyridine rings is 1. The predicted molar refractivity (Wildman–Crippen MR) is 85.7 cm³/mol. The molecule has 0 amide bonds. The van der Waals surface area contributed by atoms with E-state index >= 15 is 0 Å². The molecule has 3 atom stereocenters. The van der Waals surface area contributed by atoms with E-state index in [4.69, 9.17) is 0 Å². The van der Waals surface area contributed by atoms with Crippen molar-refractivity contribution in [2.75, 3.05) is 6.54 Å². The van der Waals surface area contributed by atoms with Gasteiger partial charge in [0.05, 0.1) is 0 Å². The minimum absolute atomic E-state index is 0.572. The molecular formula is C17H23N5. The number of fused-ring (bicyclic) bond motifs is 2. The summed E-state index contributed by atoms with van der Waals surface area (Å²) in [6.07, 6.45) is 10.9. The molecule has 2 fully saturated rings. The van der Waals surface area contributed by atoms with E-state index < -0.39 is 0 Å². The van der Waals surface area contributed by atoms with Crippen LogP contribution in [-0.4, -0.2) is 33.4 Å². The van der Waals surface area contributed by atoms with Crippen molar-refractivity contribution in [3.05, 3.63) is 42.4 Å². The van der Waals surface area contributed by atoms with E-state index in [1.54, 1.807) is 6.20 Å². The summed E-state index contributed by atoms with van der Waals surface area (Å²) in [4.78, 5) is 4.49. The Hall–Kier alpha value is -1.72. The van der Waals surface area contributed by atoms with Gasteiger partial charge in [0.2, 0.25) is 0 Å². The van der Waals surface area contributed by atoms with Crippen LogP contribution in [0.1, 0.15) is 31.2 Å². The number of nitrogens with zero attached hydrogens (tertiary/aromatic N) is 3. The van der Waals surface area contributed by atoms with Crippen molar-refractivity contribution in [2.45, 2.75) is 44.3 Å². The van der Waals surface area contributed by atoms with Gasteiger partial charge in [-0.05, 0) is 50.3 Å². The monoisotopic (exact) mass is 297 g/mol. The third-order valence-corrected chi connectivity index (χ3v) is 5.06. The number of hydrogen-bond acceptors (Lipinski definition) is 4. The molecule has 2 aliphatic rings. The Balaban J connectivity index is 1.46. The molecule has 1 saturated heterocycles. The molecule has 3 unspecified atom stereocenters. The van der Waals surface area contributed by atoms with Crippen molar-refractivity contribution in [3.8, 4) is 5.82 Å². The van der Waals surface area contributed by atoms with Crippen LogP contribution in [0.25, 0.3) is 5.82 Å². The summed E-state index contributed by atoms with van der Waals surface area (Å²) < 4.78 is 1.84. The minimum atomic E-state index is 0.572. The second-order valence-corrected chi connectivity index (χ2v) is 6.45. The van der Waals surface area contributed by atoms with Crippen LogP contribution < -0.4 is 10.6 Å². The number of piperidine rings is 1. The van der Waals surface area contributed by atoms with Gasteiger partial charge in [-0.25, -0.2) is 9.67 Å². The Labute approximate surface area is 131 Å². The molecule has 1 aliphatic heterocycles. The molecule has 116 valence electrons. The molecule has 2 bridgehead atoms. The fourth-order valence-electron chi connectivity index (χ4n) is 3.87. The van der Waals surface area contributed by atoms with Crippen LogP contribution in [-0.2, 0) is 6.54 Å². The number of aromatic nitrogens is 3. The molecule has 5 heteroatoms. The number of nitrogens with one attached hydrogen (secondary N) is 2. The fraction of sp³-hybridized carbons (Fsp3) is 0.529. The summed E-state index contributed by atoms with van der Waals surface area (Å²) in [5.74, 6) is 1.87. The molecule has 4 rings (SSSR count). The Bertz CT molecular complexity index is 609. The van der Waals surface area contributed by atoms with Crippen LogP contribution in [0.4, 0.5) is 0 Å². The molecule has 3 heterocycles. The normalized spacial score (nSPS) is 27.7. The topological polar surface area (TPSA) is 54.8 Å². The van der Waals surface area contributed by atoms with Crippen LogP contribution in [0.15, 0.2) is 36.8 Å². The molecule has 1 saturated carbocycles. The highest BCUT2D eigenvalue weighted by Crippen LogP contribution is 2.30. The Morgan fingerprint density at radius 1 is 1.23 bits per heavy atom. The van der Waals surface area contributed by atoms with Gasteiger partial charge in [-0.1, -0.05) is 6.07 Å². The van der Waals surface area contributed by atoms with E-state index in [1.807, 2.05) is 29.2 Å². The zero-order chi connectivity index (χ0) is 14.8. The van der Waals surface area contributed by atoms with Gasteiger partial charge < -0.3 is 10.6 Å². The van der Waals surface area contributed by atoms with E-state index in [0.29, 0.717) is 12.1 Å². The number of rotatable bonds is 4. The second-order valence-electron chi connectivity index (χ2n) is 6.45. The molecule has 1 aliphatic carbocycles. The molecule has 22 heavy (non-hydrogen) atoms. The van der Waals surface area contributed by atoms with Crippen LogP contribution >= 0.6 is 0 Å². The first-order valence-corrected chi connectivity index (χ1v) is 8.31. The summed E-state index contributed by atoms with van der Waals surface area (Å²) in [7, 11) is 0. The van der Waals surface area contributed by atoms with Crippen molar-refractivity contribution in [3.63, 3.8) is 0 Å². The van der Waals surface area contributed by atoms with Crippen LogP contribution in [0.3, 0.4) is 0 Å². The van der Waals surface area contributed by atoms with Gasteiger partial charge in [0.25, 0.3) is 0 Å². The molecule has 2 N–H and O–H groups in total. The van der Waals surface area contributed by atoms with E-state index in [-0.39, 0.29) is 0 Å². The van der Waals surface area contributed by atoms with Crippen molar-refractivity contribution in [1.82, 2.24) is 25.4 Å². The number of hydrogen-bond donors (Lipinski definition) is 2. The lowest BCUT2D eigenvalue weighted by atomic mass is 9.78. The third-order valence-electron chi connectivity index (χ3n) is 5.06. The molecule has 2 aromatic heterocycles. The zero-order valence-corrected chi connectivity index (χ0v) is 12.8. The highest BCUT2D eigenvalue weighted by atomic mass is 15.3. The molecule has 0 aromatic carbocycles. The van der Waals surface area contributed by atoms with Gasteiger partial charge in [-0.15, -0.1) is 0 Å². The van der Waals surface area contributed by atoms with Crippen molar-refractivity contribution in [1.29, 1.82) is 0 Å². The van der Waals surface area contributed by atoms with E-state index in [2.05, 4.69) is 26.8 Å². The smallest absolute Gasteiger partial charge is 0.157 e. The minimum Gasteiger partial charge on any atom is -0.312 e. The summed E-state index contributed by atoms with van der Waals surface area (Å²) in [6, 6.07) is 7.27. The van der Waals surface area contributed by atoms with Crippen molar-refractivity contribution in [2.24, 2.45) is 5.92 Å². The molecule has 0 radical (unpaired) electrons. The summed E-state index contributed by atoms with van der Waals surface area (Å²) in [5.41, 5.74) is 1.20. The quantitative estimate of drug-likeness (QED) is 0.905. The Kier molecular flexibility index (Phi) is 3.91. The first-order valence-electron chi connectivity index (χ1n) is 8.31.